The Morgan fingerprint density at radius 2 is 1.84 bits per heavy atom. The molecule has 3 atom stereocenters. The Morgan fingerprint density at radius 1 is 1.11 bits per heavy atom. The predicted octanol–water partition coefficient (Wildman–Crippen LogP) is 1.29. The van der Waals surface area contributed by atoms with E-state index in [0.717, 1.165) is 12.3 Å². The van der Waals surface area contributed by atoms with E-state index in [0.29, 0.717) is 10.3 Å². The molecule has 2 aromatic rings. The van der Waals surface area contributed by atoms with Gasteiger partial charge in [-0.2, -0.15) is 8.78 Å². The number of aromatic nitrogens is 2. The van der Waals surface area contributed by atoms with Crippen LogP contribution in [0, 0.1) is 0 Å². The monoisotopic (exact) mass is 540 g/mol. The van der Waals surface area contributed by atoms with Gasteiger partial charge in [0.15, 0.2) is 6.10 Å². The normalized spacial score (nSPS) is 19.9. The summed E-state index contributed by atoms with van der Waals surface area (Å²) < 4.78 is 49.9. The fourth-order valence-electron chi connectivity index (χ4n) is 3.40. The van der Waals surface area contributed by atoms with E-state index < -0.39 is 60.4 Å². The summed E-state index contributed by atoms with van der Waals surface area (Å²) in [5.41, 5.74) is -0.678. The topological polar surface area (TPSA) is 167 Å². The molecule has 0 saturated carbocycles. The van der Waals surface area contributed by atoms with E-state index in [9.17, 15) is 33.1 Å². The van der Waals surface area contributed by atoms with E-state index in [4.69, 9.17) is 18.9 Å². The highest BCUT2D eigenvalue weighted by atomic mass is 19.3. The van der Waals surface area contributed by atoms with Crippen LogP contribution in [0.5, 0.6) is 0 Å². The average molecular weight is 540 g/mol. The van der Waals surface area contributed by atoms with Gasteiger partial charge in [0.25, 0.3) is 0 Å². The summed E-state index contributed by atoms with van der Waals surface area (Å²) in [7, 11) is 1.38. The Balaban J connectivity index is 1.60. The minimum atomic E-state index is -4.05. The molecule has 1 aliphatic heterocycles. The van der Waals surface area contributed by atoms with Crippen LogP contribution in [-0.2, 0) is 28.5 Å². The molecule has 3 N–H and O–H groups in total. The van der Waals surface area contributed by atoms with E-state index in [-0.39, 0.29) is 26.1 Å². The second-order valence-corrected chi connectivity index (χ2v) is 7.98. The van der Waals surface area contributed by atoms with Crippen molar-refractivity contribution in [1.82, 2.24) is 9.55 Å². The summed E-state index contributed by atoms with van der Waals surface area (Å²) >= 11 is 0. The van der Waals surface area contributed by atoms with Crippen molar-refractivity contribution in [3.05, 3.63) is 53.1 Å². The molecule has 0 radical (unpaired) electrons. The van der Waals surface area contributed by atoms with Crippen LogP contribution in [0.15, 0.2) is 47.4 Å². The minimum absolute atomic E-state index is 0.0741. The van der Waals surface area contributed by atoms with E-state index in [2.05, 4.69) is 15.6 Å². The standard InChI is InChI=1S/C23H26F2N4O9/c1-35-11-12-36-22(34)28-16-9-10-26-21(33)29(16)20-23(24,25)19(32)15(38-20)13-37-18(31)8-7-17(30)27-14-5-3-2-4-6-14/h2-6,9-10,15,19-20,32H,7-8,11-13H2,1H3,(H,27,30)(H,28,34)/t15-,19-,20-/m1/s1. The van der Waals surface area contributed by atoms with E-state index >= 15 is 0 Å². The van der Waals surface area contributed by atoms with Gasteiger partial charge in [0, 0.05) is 25.4 Å². The van der Waals surface area contributed by atoms with Gasteiger partial charge in [-0.15, -0.1) is 0 Å². The quantitative estimate of drug-likeness (QED) is 0.279. The van der Waals surface area contributed by atoms with Crippen molar-refractivity contribution in [3.63, 3.8) is 0 Å². The minimum Gasteiger partial charge on any atom is -0.463 e. The first kappa shape index (κ1) is 28.6. The number of carbonyl (C=O) groups excluding carboxylic acids is 3. The van der Waals surface area contributed by atoms with Crippen LogP contribution >= 0.6 is 0 Å². The summed E-state index contributed by atoms with van der Waals surface area (Å²) in [6.07, 6.45) is -7.29. The Bertz CT molecular complexity index is 1180. The lowest BCUT2D eigenvalue weighted by atomic mass is 10.1. The molecular weight excluding hydrogens is 514 g/mol. The molecule has 206 valence electrons. The van der Waals surface area contributed by atoms with Gasteiger partial charge in [-0.05, 0) is 18.2 Å². The number of ether oxygens (including phenoxy) is 4. The van der Waals surface area contributed by atoms with Crippen molar-refractivity contribution < 1.29 is 47.2 Å². The Morgan fingerprint density at radius 3 is 2.55 bits per heavy atom. The Hall–Kier alpha value is -3.95. The maximum atomic E-state index is 15.0. The Kier molecular flexibility index (Phi) is 9.81. The molecule has 13 nitrogen and oxygen atoms in total. The average Bonchev–Trinajstić information content (AvgIpc) is 3.10. The van der Waals surface area contributed by atoms with Crippen LogP contribution in [-0.4, -0.2) is 77.7 Å². The first-order valence-corrected chi connectivity index (χ1v) is 11.4. The molecule has 0 bridgehead atoms. The zero-order chi connectivity index (χ0) is 27.7. The number of nitrogens with zero attached hydrogens (tertiary/aromatic N) is 2. The zero-order valence-corrected chi connectivity index (χ0v) is 20.2. The molecule has 1 aliphatic rings. The number of halogens is 2. The highest BCUT2D eigenvalue weighted by Gasteiger charge is 2.60. The lowest BCUT2D eigenvalue weighted by Crippen LogP contribution is -2.42. The number of para-hydroxylation sites is 1. The smallest absolute Gasteiger partial charge is 0.412 e. The van der Waals surface area contributed by atoms with E-state index in [1.807, 2.05) is 0 Å². The number of carbonyl (C=O) groups is 3. The number of hydrogen-bond donors (Lipinski definition) is 3. The maximum Gasteiger partial charge on any atom is 0.412 e. The van der Waals surface area contributed by atoms with Gasteiger partial charge in [0.2, 0.25) is 12.1 Å². The first-order valence-electron chi connectivity index (χ1n) is 11.4. The fraction of sp³-hybridized carbons (Fsp3) is 0.435. The van der Waals surface area contributed by atoms with Crippen molar-refractivity contribution in [2.75, 3.05) is 37.6 Å². The molecule has 1 fully saturated rings. The number of rotatable bonds is 11. The number of anilines is 2. The second kappa shape index (κ2) is 13.0. The number of aliphatic hydroxyl groups excluding tert-OH is 1. The van der Waals surface area contributed by atoms with E-state index in [1.54, 1.807) is 30.3 Å². The fourth-order valence-corrected chi connectivity index (χ4v) is 3.40. The molecular formula is C23H26F2N4O9. The van der Waals surface area contributed by atoms with Crippen LogP contribution in [0.25, 0.3) is 0 Å². The molecule has 0 unspecified atom stereocenters. The molecule has 3 rings (SSSR count). The van der Waals surface area contributed by atoms with Crippen LogP contribution < -0.4 is 16.3 Å². The van der Waals surface area contributed by atoms with Gasteiger partial charge in [-0.25, -0.2) is 19.1 Å². The number of methoxy groups -OCH3 is 1. The largest absolute Gasteiger partial charge is 0.463 e. The van der Waals surface area contributed by atoms with Gasteiger partial charge >= 0.3 is 23.7 Å². The summed E-state index contributed by atoms with van der Waals surface area (Å²) in [5, 5.41) is 14.9. The molecule has 1 saturated heterocycles. The van der Waals surface area contributed by atoms with Gasteiger partial charge in [0.05, 0.1) is 13.0 Å². The van der Waals surface area contributed by atoms with Crippen LogP contribution in [0.2, 0.25) is 0 Å². The van der Waals surface area contributed by atoms with Crippen molar-refractivity contribution in [3.8, 4) is 0 Å². The number of aliphatic hydroxyl groups is 1. The summed E-state index contributed by atoms with van der Waals surface area (Å²) in [6.45, 7) is -0.859. The van der Waals surface area contributed by atoms with Gasteiger partial charge < -0.3 is 29.4 Å². The van der Waals surface area contributed by atoms with Crippen molar-refractivity contribution >= 4 is 29.5 Å². The number of hydrogen-bond acceptors (Lipinski definition) is 10. The molecule has 2 amide bonds. The number of esters is 1. The lowest BCUT2D eigenvalue weighted by Gasteiger charge is -2.23. The Labute approximate surface area is 214 Å². The summed E-state index contributed by atoms with van der Waals surface area (Å²) in [6, 6.07) is 9.56. The molecule has 2 heterocycles. The number of amides is 2. The molecule has 1 aromatic carbocycles. The SMILES string of the molecule is COCCOC(=O)Nc1ccnc(=O)n1[C@@H]1O[C@H](COC(=O)CCC(=O)Nc2ccccc2)[C@@H](O)C1(F)F. The van der Waals surface area contributed by atoms with Gasteiger partial charge in [0.1, 0.15) is 25.1 Å². The predicted molar refractivity (Wildman–Crippen MR) is 125 cm³/mol. The molecule has 0 aliphatic carbocycles. The van der Waals surface area contributed by atoms with Gasteiger partial charge in [-0.3, -0.25) is 14.9 Å². The highest BCUT2D eigenvalue weighted by molar-refractivity contribution is 5.92. The van der Waals surface area contributed by atoms with Crippen molar-refractivity contribution in [2.45, 2.75) is 37.2 Å². The van der Waals surface area contributed by atoms with Crippen LogP contribution in [0.3, 0.4) is 0 Å². The number of nitrogens with one attached hydrogen (secondary N) is 2. The van der Waals surface area contributed by atoms with Gasteiger partial charge in [-0.1, -0.05) is 18.2 Å². The van der Waals surface area contributed by atoms with Crippen molar-refractivity contribution in [2.24, 2.45) is 0 Å². The van der Waals surface area contributed by atoms with Crippen LogP contribution in [0.1, 0.15) is 19.1 Å². The van der Waals surface area contributed by atoms with Crippen molar-refractivity contribution in [1.29, 1.82) is 0 Å². The second-order valence-electron chi connectivity index (χ2n) is 7.98. The number of benzene rings is 1. The third-order valence-corrected chi connectivity index (χ3v) is 5.27. The zero-order valence-electron chi connectivity index (χ0n) is 20.2. The van der Waals surface area contributed by atoms with Crippen LogP contribution in [0.4, 0.5) is 25.1 Å². The van der Waals surface area contributed by atoms with E-state index in [1.165, 1.54) is 7.11 Å². The lowest BCUT2D eigenvalue weighted by molar-refractivity contribution is -0.151. The summed E-state index contributed by atoms with van der Waals surface area (Å²) in [5.74, 6) is -5.84. The molecule has 0 spiro atoms. The third-order valence-electron chi connectivity index (χ3n) is 5.27. The molecule has 1 aromatic heterocycles. The molecule has 38 heavy (non-hydrogen) atoms. The maximum absolute atomic E-state index is 15.0. The summed E-state index contributed by atoms with van der Waals surface area (Å²) in [4.78, 5) is 51.7. The highest BCUT2D eigenvalue weighted by Crippen LogP contribution is 2.43. The number of alkyl halides is 2. The first-order chi connectivity index (χ1) is 18.1. The molecule has 15 heteroatoms. The third kappa shape index (κ3) is 7.30.